The molecule has 100 valence electrons. The fourth-order valence-electron chi connectivity index (χ4n) is 2.62. The summed E-state index contributed by atoms with van der Waals surface area (Å²) in [5, 5.41) is 12.1. The van der Waals surface area contributed by atoms with Gasteiger partial charge in [-0.15, -0.1) is 0 Å². The fourth-order valence-corrected chi connectivity index (χ4v) is 2.62. The van der Waals surface area contributed by atoms with Gasteiger partial charge < -0.3 is 5.32 Å². The van der Waals surface area contributed by atoms with Gasteiger partial charge in [-0.2, -0.15) is 10.2 Å². The van der Waals surface area contributed by atoms with Crippen molar-refractivity contribution in [2.75, 3.05) is 6.54 Å². The topological polar surface area (TPSA) is 37.8 Å². The quantitative estimate of drug-likeness (QED) is 0.838. The molecule has 1 atom stereocenters. The van der Waals surface area contributed by atoms with E-state index < -0.39 is 0 Å². The summed E-state index contributed by atoms with van der Waals surface area (Å²) in [6.07, 6.45) is 6.66. The molecule has 3 nitrogen and oxygen atoms in total. The van der Waals surface area contributed by atoms with Crippen LogP contribution in [0.4, 0.5) is 0 Å². The van der Waals surface area contributed by atoms with Crippen molar-refractivity contribution in [1.82, 2.24) is 15.5 Å². The average molecular weight is 247 g/mol. The molecule has 2 rings (SSSR count). The summed E-state index contributed by atoms with van der Waals surface area (Å²) in [6.45, 7) is 7.40. The van der Waals surface area contributed by atoms with Gasteiger partial charge in [0.15, 0.2) is 0 Å². The summed E-state index contributed by atoms with van der Waals surface area (Å²) in [5.41, 5.74) is 3.45. The highest BCUT2D eigenvalue weighted by Gasteiger charge is 2.24. The first-order chi connectivity index (χ1) is 8.70. The predicted molar refractivity (Wildman–Crippen MR) is 74.5 cm³/mol. The Balaban J connectivity index is 2.11. The molecule has 1 aromatic heterocycles. The van der Waals surface area contributed by atoms with Gasteiger partial charge in [-0.3, -0.25) is 0 Å². The molecule has 0 saturated heterocycles. The van der Waals surface area contributed by atoms with Crippen LogP contribution in [0.1, 0.15) is 62.0 Å². The fraction of sp³-hybridized carbons (Fsp3) is 0.733. The largest absolute Gasteiger partial charge is 0.310 e. The molecule has 1 aromatic rings. The maximum absolute atomic E-state index is 4.27. The van der Waals surface area contributed by atoms with Crippen LogP contribution in [0.3, 0.4) is 0 Å². The molecule has 1 heterocycles. The molecule has 1 fully saturated rings. The van der Waals surface area contributed by atoms with Gasteiger partial charge in [0, 0.05) is 6.04 Å². The third kappa shape index (κ3) is 3.29. The lowest BCUT2D eigenvalue weighted by molar-refractivity contribution is 0.260. The van der Waals surface area contributed by atoms with Gasteiger partial charge in [0.25, 0.3) is 0 Å². The third-order valence-electron chi connectivity index (χ3n) is 3.95. The highest BCUT2D eigenvalue weighted by Crippen LogP contribution is 2.35. The van der Waals surface area contributed by atoms with E-state index >= 15 is 0 Å². The van der Waals surface area contributed by atoms with E-state index in [0.717, 1.165) is 23.9 Å². The monoisotopic (exact) mass is 247 g/mol. The van der Waals surface area contributed by atoms with Crippen molar-refractivity contribution in [2.45, 2.75) is 58.9 Å². The molecule has 0 bridgehead atoms. The van der Waals surface area contributed by atoms with Gasteiger partial charge in [-0.05, 0) is 50.8 Å². The lowest BCUT2D eigenvalue weighted by Crippen LogP contribution is -2.27. The first kappa shape index (κ1) is 13.5. The van der Waals surface area contributed by atoms with Crippen molar-refractivity contribution in [3.63, 3.8) is 0 Å². The smallest absolute Gasteiger partial charge is 0.0648 e. The van der Waals surface area contributed by atoms with E-state index in [1.807, 2.05) is 6.92 Å². The Kier molecular flexibility index (Phi) is 4.70. The number of nitrogens with one attached hydrogen (secondary N) is 1. The van der Waals surface area contributed by atoms with Crippen molar-refractivity contribution in [3.05, 3.63) is 23.0 Å². The lowest BCUT2D eigenvalue weighted by atomic mass is 9.79. The minimum atomic E-state index is 0.462. The molecule has 0 aliphatic heterocycles. The maximum Gasteiger partial charge on any atom is 0.0648 e. The van der Waals surface area contributed by atoms with Crippen molar-refractivity contribution in [2.24, 2.45) is 5.92 Å². The van der Waals surface area contributed by atoms with E-state index in [0.29, 0.717) is 6.04 Å². The Bertz CT molecular complexity index is 385. The molecule has 1 aliphatic carbocycles. The van der Waals surface area contributed by atoms with Crippen molar-refractivity contribution >= 4 is 0 Å². The second kappa shape index (κ2) is 6.28. The molecule has 0 radical (unpaired) electrons. The number of aryl methyl sites for hydroxylation is 2. The summed E-state index contributed by atoms with van der Waals surface area (Å²) in [5.74, 6) is 0.909. The van der Waals surface area contributed by atoms with E-state index in [4.69, 9.17) is 0 Å². The van der Waals surface area contributed by atoms with Crippen LogP contribution in [0.25, 0.3) is 0 Å². The van der Waals surface area contributed by atoms with Gasteiger partial charge >= 0.3 is 0 Å². The van der Waals surface area contributed by atoms with Crippen molar-refractivity contribution in [3.8, 4) is 0 Å². The van der Waals surface area contributed by atoms with E-state index in [9.17, 15) is 0 Å². The Morgan fingerprint density at radius 1 is 1.33 bits per heavy atom. The molecule has 1 N–H and O–H groups in total. The Labute approximate surface area is 110 Å². The first-order valence-corrected chi connectivity index (χ1v) is 7.25. The number of aromatic nitrogens is 2. The third-order valence-corrected chi connectivity index (χ3v) is 3.95. The van der Waals surface area contributed by atoms with Crippen LogP contribution >= 0.6 is 0 Å². The molecular formula is C15H25N3. The van der Waals surface area contributed by atoms with Crippen molar-refractivity contribution in [1.29, 1.82) is 0 Å². The zero-order valence-corrected chi connectivity index (χ0v) is 11.9. The van der Waals surface area contributed by atoms with Gasteiger partial charge in [0.2, 0.25) is 0 Å². The van der Waals surface area contributed by atoms with Gasteiger partial charge in [0.05, 0.1) is 11.4 Å². The number of rotatable bonds is 6. The van der Waals surface area contributed by atoms with Crippen molar-refractivity contribution < 1.29 is 0 Å². The lowest BCUT2D eigenvalue weighted by Gasteiger charge is -2.31. The molecule has 1 unspecified atom stereocenters. The SMILES string of the molecule is CCCNC(CC1CCC1)c1cc(C)nnc1C. The first-order valence-electron chi connectivity index (χ1n) is 7.25. The van der Waals surface area contributed by atoms with Crippen LogP contribution in [0.15, 0.2) is 6.07 Å². The molecule has 0 amide bonds. The number of hydrogen-bond acceptors (Lipinski definition) is 3. The predicted octanol–water partition coefficient (Wildman–Crippen LogP) is 3.32. The van der Waals surface area contributed by atoms with E-state index in [-0.39, 0.29) is 0 Å². The van der Waals surface area contributed by atoms with Crippen LogP contribution in [-0.2, 0) is 0 Å². The second-order valence-corrected chi connectivity index (χ2v) is 5.57. The number of hydrogen-bond donors (Lipinski definition) is 1. The molecule has 0 aromatic carbocycles. The van der Waals surface area contributed by atoms with Crippen LogP contribution in [0, 0.1) is 19.8 Å². The zero-order valence-electron chi connectivity index (χ0n) is 11.9. The summed E-state index contributed by atoms with van der Waals surface area (Å²) in [7, 11) is 0. The summed E-state index contributed by atoms with van der Waals surface area (Å²) in [6, 6.07) is 2.67. The van der Waals surface area contributed by atoms with Gasteiger partial charge in [-0.25, -0.2) is 0 Å². The minimum absolute atomic E-state index is 0.462. The molecule has 0 spiro atoms. The Morgan fingerprint density at radius 2 is 2.11 bits per heavy atom. The van der Waals surface area contributed by atoms with Crippen LogP contribution < -0.4 is 5.32 Å². The normalized spacial score (nSPS) is 17.5. The standard InChI is InChI=1S/C15H25N3/c1-4-8-16-15(10-13-6-5-7-13)14-9-11(2)17-18-12(14)3/h9,13,15-16H,4-8,10H2,1-3H3. The van der Waals surface area contributed by atoms with Crippen LogP contribution in [0.2, 0.25) is 0 Å². The van der Waals surface area contributed by atoms with Crippen LogP contribution in [-0.4, -0.2) is 16.7 Å². The van der Waals surface area contributed by atoms with E-state index in [1.165, 1.54) is 37.7 Å². The molecular weight excluding hydrogens is 222 g/mol. The maximum atomic E-state index is 4.27. The molecule has 18 heavy (non-hydrogen) atoms. The summed E-state index contributed by atoms with van der Waals surface area (Å²) >= 11 is 0. The number of nitrogens with zero attached hydrogens (tertiary/aromatic N) is 2. The van der Waals surface area contributed by atoms with E-state index in [2.05, 4.69) is 35.4 Å². The summed E-state index contributed by atoms with van der Waals surface area (Å²) in [4.78, 5) is 0. The Hall–Kier alpha value is -0.960. The Morgan fingerprint density at radius 3 is 2.72 bits per heavy atom. The average Bonchev–Trinajstić information content (AvgIpc) is 2.31. The summed E-state index contributed by atoms with van der Waals surface area (Å²) < 4.78 is 0. The molecule has 3 heteroatoms. The van der Waals surface area contributed by atoms with Gasteiger partial charge in [0.1, 0.15) is 0 Å². The zero-order chi connectivity index (χ0) is 13.0. The second-order valence-electron chi connectivity index (χ2n) is 5.57. The van der Waals surface area contributed by atoms with E-state index in [1.54, 1.807) is 0 Å². The molecule has 1 saturated carbocycles. The minimum Gasteiger partial charge on any atom is -0.310 e. The molecule has 1 aliphatic rings. The highest BCUT2D eigenvalue weighted by atomic mass is 15.1. The van der Waals surface area contributed by atoms with Crippen LogP contribution in [0.5, 0.6) is 0 Å². The van der Waals surface area contributed by atoms with Gasteiger partial charge in [-0.1, -0.05) is 26.2 Å². The highest BCUT2D eigenvalue weighted by molar-refractivity contribution is 5.23.